The molecule has 1 aromatic heterocycles. The highest BCUT2D eigenvalue weighted by Gasteiger charge is 2.08. The van der Waals surface area contributed by atoms with Crippen LogP contribution >= 0.6 is 0 Å². The Kier molecular flexibility index (Phi) is 3.03. The molecule has 2 aromatic carbocycles. The van der Waals surface area contributed by atoms with Crippen LogP contribution in [0.2, 0.25) is 0 Å². The maximum absolute atomic E-state index is 11.0. The van der Waals surface area contributed by atoms with Crippen molar-refractivity contribution in [2.24, 2.45) is 0 Å². The molecule has 0 atom stereocenters. The molecule has 0 aliphatic carbocycles. The predicted molar refractivity (Wildman–Crippen MR) is 80.1 cm³/mol. The summed E-state index contributed by atoms with van der Waals surface area (Å²) in [4.78, 5) is 13.9. The van der Waals surface area contributed by atoms with Crippen LogP contribution in [0.25, 0.3) is 22.0 Å². The SMILES string of the molecule is CCc1ccc(-c2ccc3[nH]c(C(=O)O)cc3c2)cc1. The van der Waals surface area contributed by atoms with Crippen molar-refractivity contribution in [3.8, 4) is 11.1 Å². The summed E-state index contributed by atoms with van der Waals surface area (Å²) in [6.07, 6.45) is 1.03. The van der Waals surface area contributed by atoms with Gasteiger partial charge in [0.1, 0.15) is 5.69 Å². The third-order valence-corrected chi connectivity index (χ3v) is 3.55. The number of hydrogen-bond acceptors (Lipinski definition) is 1. The van der Waals surface area contributed by atoms with Crippen LogP contribution in [0.5, 0.6) is 0 Å². The molecule has 0 spiro atoms. The third kappa shape index (κ3) is 2.18. The molecule has 3 rings (SSSR count). The van der Waals surface area contributed by atoms with Crippen molar-refractivity contribution in [3.63, 3.8) is 0 Å². The fourth-order valence-corrected chi connectivity index (χ4v) is 2.36. The Morgan fingerprint density at radius 1 is 1.05 bits per heavy atom. The number of aromatic amines is 1. The zero-order chi connectivity index (χ0) is 14.1. The summed E-state index contributed by atoms with van der Waals surface area (Å²) < 4.78 is 0. The van der Waals surface area contributed by atoms with E-state index in [1.165, 1.54) is 5.56 Å². The highest BCUT2D eigenvalue weighted by Crippen LogP contribution is 2.25. The molecule has 0 radical (unpaired) electrons. The Balaban J connectivity index is 2.04. The summed E-state index contributed by atoms with van der Waals surface area (Å²) in [6, 6.07) is 16.1. The van der Waals surface area contributed by atoms with Gasteiger partial charge in [-0.3, -0.25) is 0 Å². The fourth-order valence-electron chi connectivity index (χ4n) is 2.36. The van der Waals surface area contributed by atoms with E-state index in [0.717, 1.165) is 28.5 Å². The Hall–Kier alpha value is -2.55. The molecule has 20 heavy (non-hydrogen) atoms. The van der Waals surface area contributed by atoms with E-state index in [1.807, 2.05) is 18.2 Å². The molecule has 3 aromatic rings. The number of aromatic carboxylic acids is 1. The molecule has 0 fully saturated rings. The third-order valence-electron chi connectivity index (χ3n) is 3.55. The lowest BCUT2D eigenvalue weighted by Gasteiger charge is -2.03. The van der Waals surface area contributed by atoms with Gasteiger partial charge in [0.25, 0.3) is 0 Å². The Bertz CT molecular complexity index is 769. The second-order valence-electron chi connectivity index (χ2n) is 4.84. The molecular weight excluding hydrogens is 250 g/mol. The van der Waals surface area contributed by atoms with Crippen LogP contribution in [0.3, 0.4) is 0 Å². The second kappa shape index (κ2) is 4.85. The van der Waals surface area contributed by atoms with Crippen molar-refractivity contribution >= 4 is 16.9 Å². The lowest BCUT2D eigenvalue weighted by atomic mass is 10.0. The number of aromatic nitrogens is 1. The van der Waals surface area contributed by atoms with Crippen molar-refractivity contribution in [2.45, 2.75) is 13.3 Å². The number of carboxylic acid groups (broad SMARTS) is 1. The molecule has 0 unspecified atom stereocenters. The molecule has 0 saturated heterocycles. The molecule has 3 heteroatoms. The zero-order valence-corrected chi connectivity index (χ0v) is 11.2. The van der Waals surface area contributed by atoms with Gasteiger partial charge in [0, 0.05) is 10.9 Å². The minimum Gasteiger partial charge on any atom is -0.477 e. The van der Waals surface area contributed by atoms with Crippen LogP contribution in [-0.2, 0) is 6.42 Å². The normalized spacial score (nSPS) is 10.8. The van der Waals surface area contributed by atoms with E-state index in [9.17, 15) is 4.79 Å². The van der Waals surface area contributed by atoms with E-state index in [4.69, 9.17) is 5.11 Å². The van der Waals surface area contributed by atoms with Crippen molar-refractivity contribution in [1.82, 2.24) is 4.98 Å². The standard InChI is InChI=1S/C17H15NO2/c1-2-11-3-5-12(6-4-11)13-7-8-15-14(9-13)10-16(18-15)17(19)20/h3-10,18H,2H2,1H3,(H,19,20). The summed E-state index contributed by atoms with van der Waals surface area (Å²) >= 11 is 0. The molecule has 0 aliphatic rings. The first-order valence-electron chi connectivity index (χ1n) is 6.63. The smallest absolute Gasteiger partial charge is 0.352 e. The van der Waals surface area contributed by atoms with Crippen molar-refractivity contribution in [1.29, 1.82) is 0 Å². The molecule has 1 heterocycles. The summed E-state index contributed by atoms with van der Waals surface area (Å²) in [5.41, 5.74) is 4.61. The molecule has 3 nitrogen and oxygen atoms in total. The van der Waals surface area contributed by atoms with Gasteiger partial charge in [-0.2, -0.15) is 0 Å². The molecule has 0 bridgehead atoms. The van der Waals surface area contributed by atoms with Gasteiger partial charge in [0.05, 0.1) is 0 Å². The van der Waals surface area contributed by atoms with Crippen LogP contribution in [0.4, 0.5) is 0 Å². The van der Waals surface area contributed by atoms with Gasteiger partial charge in [0.15, 0.2) is 0 Å². The average molecular weight is 265 g/mol. The maximum atomic E-state index is 11.0. The van der Waals surface area contributed by atoms with Gasteiger partial charge in [0.2, 0.25) is 0 Å². The summed E-state index contributed by atoms with van der Waals surface area (Å²) in [7, 11) is 0. The summed E-state index contributed by atoms with van der Waals surface area (Å²) in [5, 5.41) is 9.91. The predicted octanol–water partition coefficient (Wildman–Crippen LogP) is 4.10. The summed E-state index contributed by atoms with van der Waals surface area (Å²) in [5.74, 6) is -0.935. The minimum atomic E-state index is -0.935. The van der Waals surface area contributed by atoms with Gasteiger partial charge in [-0.1, -0.05) is 37.3 Å². The number of H-pyrrole nitrogens is 1. The van der Waals surface area contributed by atoms with Crippen molar-refractivity contribution < 1.29 is 9.90 Å². The monoisotopic (exact) mass is 265 g/mol. The molecule has 0 aliphatic heterocycles. The van der Waals surface area contributed by atoms with E-state index in [2.05, 4.69) is 36.2 Å². The first-order valence-corrected chi connectivity index (χ1v) is 6.63. The molecular formula is C17H15NO2. The number of carboxylic acids is 1. The number of nitrogens with one attached hydrogen (secondary N) is 1. The van der Waals surface area contributed by atoms with Gasteiger partial charge < -0.3 is 10.1 Å². The van der Waals surface area contributed by atoms with E-state index >= 15 is 0 Å². The van der Waals surface area contributed by atoms with Crippen molar-refractivity contribution in [3.05, 3.63) is 59.8 Å². The maximum Gasteiger partial charge on any atom is 0.352 e. The van der Waals surface area contributed by atoms with Crippen LogP contribution in [-0.4, -0.2) is 16.1 Å². The summed E-state index contributed by atoms with van der Waals surface area (Å²) in [6.45, 7) is 2.13. The van der Waals surface area contributed by atoms with Crippen LogP contribution in [0, 0.1) is 0 Å². The van der Waals surface area contributed by atoms with Gasteiger partial charge >= 0.3 is 5.97 Å². The molecule has 0 amide bonds. The Labute approximate surface area is 116 Å². The van der Waals surface area contributed by atoms with E-state index in [0.29, 0.717) is 0 Å². The molecule has 0 saturated carbocycles. The average Bonchev–Trinajstić information content (AvgIpc) is 2.90. The number of carbonyl (C=O) groups is 1. The number of hydrogen-bond donors (Lipinski definition) is 2. The van der Waals surface area contributed by atoms with Gasteiger partial charge in [-0.05, 0) is 41.3 Å². The fraction of sp³-hybridized carbons (Fsp3) is 0.118. The largest absolute Gasteiger partial charge is 0.477 e. The zero-order valence-electron chi connectivity index (χ0n) is 11.2. The number of aryl methyl sites for hydroxylation is 1. The minimum absolute atomic E-state index is 0.221. The highest BCUT2D eigenvalue weighted by molar-refractivity contribution is 5.95. The lowest BCUT2D eigenvalue weighted by Crippen LogP contribution is -1.94. The van der Waals surface area contributed by atoms with Gasteiger partial charge in [-0.15, -0.1) is 0 Å². The van der Waals surface area contributed by atoms with Crippen LogP contribution < -0.4 is 0 Å². The topological polar surface area (TPSA) is 53.1 Å². The lowest BCUT2D eigenvalue weighted by molar-refractivity contribution is 0.0691. The first kappa shape index (κ1) is 12.5. The van der Waals surface area contributed by atoms with Crippen LogP contribution in [0.1, 0.15) is 23.0 Å². The molecule has 100 valence electrons. The first-order chi connectivity index (χ1) is 9.67. The number of fused-ring (bicyclic) bond motifs is 1. The quantitative estimate of drug-likeness (QED) is 0.749. The van der Waals surface area contributed by atoms with Crippen LogP contribution in [0.15, 0.2) is 48.5 Å². The van der Waals surface area contributed by atoms with Crippen molar-refractivity contribution in [2.75, 3.05) is 0 Å². The van der Waals surface area contributed by atoms with E-state index in [1.54, 1.807) is 6.07 Å². The van der Waals surface area contributed by atoms with E-state index < -0.39 is 5.97 Å². The Morgan fingerprint density at radius 3 is 2.40 bits per heavy atom. The Morgan fingerprint density at radius 2 is 1.75 bits per heavy atom. The molecule has 2 N–H and O–H groups in total. The number of rotatable bonds is 3. The van der Waals surface area contributed by atoms with E-state index in [-0.39, 0.29) is 5.69 Å². The number of benzene rings is 2. The second-order valence-corrected chi connectivity index (χ2v) is 4.84. The highest BCUT2D eigenvalue weighted by atomic mass is 16.4. The van der Waals surface area contributed by atoms with Gasteiger partial charge in [-0.25, -0.2) is 4.79 Å².